The zero-order valence-electron chi connectivity index (χ0n) is 17.1. The van der Waals surface area contributed by atoms with Crippen LogP contribution >= 0.6 is 0 Å². The maximum absolute atomic E-state index is 13.1. The summed E-state index contributed by atoms with van der Waals surface area (Å²) in [6.07, 6.45) is 7.17. The normalized spacial score (nSPS) is 22.1. The van der Waals surface area contributed by atoms with Crippen molar-refractivity contribution in [3.63, 3.8) is 0 Å². The lowest BCUT2D eigenvalue weighted by atomic mass is 10.0. The number of hydrogen-bond acceptors (Lipinski definition) is 4. The van der Waals surface area contributed by atoms with Crippen LogP contribution in [-0.2, 0) is 17.6 Å². The van der Waals surface area contributed by atoms with Gasteiger partial charge in [0.15, 0.2) is 5.69 Å². The topological polar surface area (TPSA) is 76.0 Å². The summed E-state index contributed by atoms with van der Waals surface area (Å²) in [6.45, 7) is 2.32. The molecule has 156 valence electrons. The first-order valence-electron chi connectivity index (χ1n) is 11.2. The predicted molar refractivity (Wildman–Crippen MR) is 112 cm³/mol. The summed E-state index contributed by atoms with van der Waals surface area (Å²) >= 11 is 0. The standard InChI is InChI=1S/C23H27N5O2/c29-23(21-16-5-3-7-17(16)25-26-21)27-12-10-15(11-13-27)28-19-8-2-1-6-18(19)24-22(28)20-9-4-14-30-20/h1-2,6,8,15,20H,3-5,7,9-14H2,(H,25,26). The number of H-pyrrole nitrogens is 1. The SMILES string of the molecule is O=C(c1n[nH]c2c1CCC2)N1CCC(n2c(C3CCCO3)nc3ccccc32)CC1. The second-order valence-corrected chi connectivity index (χ2v) is 8.74. The molecule has 1 amide bonds. The summed E-state index contributed by atoms with van der Waals surface area (Å²) in [4.78, 5) is 20.0. The van der Waals surface area contributed by atoms with Crippen LogP contribution in [0.2, 0.25) is 0 Å². The van der Waals surface area contributed by atoms with E-state index in [2.05, 4.69) is 33.0 Å². The summed E-state index contributed by atoms with van der Waals surface area (Å²) in [6, 6.07) is 8.71. The van der Waals surface area contributed by atoms with Gasteiger partial charge in [0.2, 0.25) is 0 Å². The van der Waals surface area contributed by atoms with Crippen molar-refractivity contribution in [2.45, 2.75) is 57.1 Å². The Bertz CT molecular complexity index is 1090. The molecule has 2 aromatic heterocycles. The number of para-hydroxylation sites is 2. The molecule has 0 bridgehead atoms. The summed E-state index contributed by atoms with van der Waals surface area (Å²) in [5, 5.41) is 7.41. The number of ether oxygens (including phenoxy) is 1. The second-order valence-electron chi connectivity index (χ2n) is 8.74. The van der Waals surface area contributed by atoms with Gasteiger partial charge in [0.25, 0.3) is 5.91 Å². The van der Waals surface area contributed by atoms with Gasteiger partial charge in [-0.1, -0.05) is 12.1 Å². The van der Waals surface area contributed by atoms with Gasteiger partial charge in [-0.05, 0) is 57.1 Å². The van der Waals surface area contributed by atoms with Gasteiger partial charge < -0.3 is 14.2 Å². The third-order valence-corrected chi connectivity index (χ3v) is 6.97. The molecule has 3 aliphatic rings. The molecular formula is C23H27N5O2. The lowest BCUT2D eigenvalue weighted by molar-refractivity contribution is 0.0675. The van der Waals surface area contributed by atoms with Crippen LogP contribution < -0.4 is 0 Å². The Balaban J connectivity index is 1.25. The second kappa shape index (κ2) is 7.23. The molecule has 6 rings (SSSR count). The van der Waals surface area contributed by atoms with Crippen molar-refractivity contribution in [2.24, 2.45) is 0 Å². The van der Waals surface area contributed by atoms with Gasteiger partial charge in [0.1, 0.15) is 11.9 Å². The highest BCUT2D eigenvalue weighted by atomic mass is 16.5. The Morgan fingerprint density at radius 1 is 1.10 bits per heavy atom. The van der Waals surface area contributed by atoms with Gasteiger partial charge >= 0.3 is 0 Å². The van der Waals surface area contributed by atoms with Crippen molar-refractivity contribution in [3.8, 4) is 0 Å². The smallest absolute Gasteiger partial charge is 0.274 e. The molecule has 1 N–H and O–H groups in total. The number of aromatic amines is 1. The van der Waals surface area contributed by atoms with Gasteiger partial charge in [-0.2, -0.15) is 5.10 Å². The Morgan fingerprint density at radius 2 is 1.97 bits per heavy atom. The minimum atomic E-state index is 0.0858. The number of benzene rings is 1. The molecule has 7 heteroatoms. The Kier molecular flexibility index (Phi) is 4.37. The van der Waals surface area contributed by atoms with E-state index in [4.69, 9.17) is 9.72 Å². The fourth-order valence-electron chi connectivity index (χ4n) is 5.43. The van der Waals surface area contributed by atoms with Crippen molar-refractivity contribution in [1.82, 2.24) is 24.6 Å². The molecule has 0 saturated carbocycles. The first-order chi connectivity index (χ1) is 14.8. The molecule has 3 aromatic rings. The fourth-order valence-corrected chi connectivity index (χ4v) is 5.43. The van der Waals surface area contributed by atoms with Crippen molar-refractivity contribution in [1.29, 1.82) is 0 Å². The number of aromatic nitrogens is 4. The molecule has 30 heavy (non-hydrogen) atoms. The van der Waals surface area contributed by atoms with E-state index >= 15 is 0 Å². The number of nitrogens with zero attached hydrogens (tertiary/aromatic N) is 4. The minimum absolute atomic E-state index is 0.0858. The zero-order chi connectivity index (χ0) is 20.1. The van der Waals surface area contributed by atoms with Crippen LogP contribution in [0, 0.1) is 0 Å². The third kappa shape index (κ3) is 2.87. The number of nitrogens with one attached hydrogen (secondary N) is 1. The van der Waals surface area contributed by atoms with E-state index in [1.807, 2.05) is 11.0 Å². The van der Waals surface area contributed by atoms with Crippen LogP contribution in [0.15, 0.2) is 24.3 Å². The van der Waals surface area contributed by atoms with Crippen LogP contribution in [0.1, 0.15) is 71.8 Å². The number of fused-ring (bicyclic) bond motifs is 2. The molecule has 0 radical (unpaired) electrons. The van der Waals surface area contributed by atoms with Crippen LogP contribution in [0.4, 0.5) is 0 Å². The van der Waals surface area contributed by atoms with Crippen LogP contribution in [0.3, 0.4) is 0 Å². The first-order valence-corrected chi connectivity index (χ1v) is 11.2. The minimum Gasteiger partial charge on any atom is -0.370 e. The molecule has 2 fully saturated rings. The third-order valence-electron chi connectivity index (χ3n) is 6.97. The quantitative estimate of drug-likeness (QED) is 0.723. The number of carbonyl (C=O) groups is 1. The zero-order valence-corrected chi connectivity index (χ0v) is 17.1. The van der Waals surface area contributed by atoms with E-state index in [1.54, 1.807) is 0 Å². The van der Waals surface area contributed by atoms with Crippen molar-refractivity contribution < 1.29 is 9.53 Å². The number of imidazole rings is 1. The van der Waals surface area contributed by atoms with Crippen molar-refractivity contribution >= 4 is 16.9 Å². The highest BCUT2D eigenvalue weighted by Crippen LogP contribution is 2.36. The van der Waals surface area contributed by atoms with E-state index in [0.29, 0.717) is 11.7 Å². The largest absolute Gasteiger partial charge is 0.370 e. The molecule has 2 saturated heterocycles. The molecule has 1 unspecified atom stereocenters. The van der Waals surface area contributed by atoms with E-state index in [-0.39, 0.29) is 12.0 Å². The van der Waals surface area contributed by atoms with Crippen LogP contribution in [0.5, 0.6) is 0 Å². The Labute approximate surface area is 175 Å². The van der Waals surface area contributed by atoms with Crippen molar-refractivity contribution in [3.05, 3.63) is 47.0 Å². The first kappa shape index (κ1) is 18.1. The van der Waals surface area contributed by atoms with Gasteiger partial charge in [-0.15, -0.1) is 0 Å². The number of likely N-dealkylation sites (tertiary alicyclic amines) is 1. The van der Waals surface area contributed by atoms with E-state index in [9.17, 15) is 4.79 Å². The van der Waals surface area contributed by atoms with E-state index in [0.717, 1.165) is 87.2 Å². The number of carbonyl (C=O) groups excluding carboxylic acids is 1. The molecule has 1 atom stereocenters. The monoisotopic (exact) mass is 405 g/mol. The number of aryl methyl sites for hydroxylation is 1. The van der Waals surface area contributed by atoms with Gasteiger partial charge in [-0.3, -0.25) is 9.89 Å². The summed E-state index contributed by atoms with van der Waals surface area (Å²) in [5.74, 6) is 1.14. The maximum Gasteiger partial charge on any atom is 0.274 e. The molecular weight excluding hydrogens is 378 g/mol. The number of hydrogen-bond donors (Lipinski definition) is 1. The number of amides is 1. The Hall–Kier alpha value is -2.67. The summed E-state index contributed by atoms with van der Waals surface area (Å²) in [5.41, 5.74) is 5.16. The van der Waals surface area contributed by atoms with Crippen molar-refractivity contribution in [2.75, 3.05) is 19.7 Å². The molecule has 1 aliphatic carbocycles. The van der Waals surface area contributed by atoms with Gasteiger partial charge in [-0.25, -0.2) is 4.98 Å². The average Bonchev–Trinajstić information content (AvgIpc) is 3.56. The fraction of sp³-hybridized carbons (Fsp3) is 0.522. The molecule has 4 heterocycles. The van der Waals surface area contributed by atoms with E-state index in [1.165, 1.54) is 5.52 Å². The molecule has 2 aliphatic heterocycles. The van der Waals surface area contributed by atoms with Crippen LogP contribution in [0.25, 0.3) is 11.0 Å². The highest BCUT2D eigenvalue weighted by molar-refractivity contribution is 5.94. The van der Waals surface area contributed by atoms with Crippen LogP contribution in [-0.4, -0.2) is 50.3 Å². The van der Waals surface area contributed by atoms with E-state index < -0.39 is 0 Å². The molecule has 1 aromatic carbocycles. The summed E-state index contributed by atoms with van der Waals surface area (Å²) < 4.78 is 8.39. The predicted octanol–water partition coefficient (Wildman–Crippen LogP) is 3.58. The lowest BCUT2D eigenvalue weighted by Gasteiger charge is -2.34. The molecule has 7 nitrogen and oxygen atoms in total. The summed E-state index contributed by atoms with van der Waals surface area (Å²) in [7, 11) is 0. The van der Waals surface area contributed by atoms with Gasteiger partial charge in [0.05, 0.1) is 11.0 Å². The Morgan fingerprint density at radius 3 is 2.80 bits per heavy atom. The maximum atomic E-state index is 13.1. The number of piperidine rings is 1. The van der Waals surface area contributed by atoms with Gasteiger partial charge in [0, 0.05) is 37.0 Å². The molecule has 0 spiro atoms. The lowest BCUT2D eigenvalue weighted by Crippen LogP contribution is -2.39. The highest BCUT2D eigenvalue weighted by Gasteiger charge is 2.33. The average molecular weight is 406 g/mol. The number of rotatable bonds is 3.